The second kappa shape index (κ2) is 11.9. The maximum atomic E-state index is 12.5. The van der Waals surface area contributed by atoms with Crippen molar-refractivity contribution in [3.63, 3.8) is 0 Å². The fourth-order valence-corrected chi connectivity index (χ4v) is 4.65. The van der Waals surface area contributed by atoms with Gasteiger partial charge in [0.15, 0.2) is 0 Å². The van der Waals surface area contributed by atoms with E-state index in [9.17, 15) is 14.7 Å². The molecule has 2 fully saturated rings. The lowest BCUT2D eigenvalue weighted by Gasteiger charge is -2.33. The van der Waals surface area contributed by atoms with E-state index in [4.69, 9.17) is 9.47 Å². The van der Waals surface area contributed by atoms with Crippen molar-refractivity contribution < 1.29 is 24.2 Å². The lowest BCUT2D eigenvalue weighted by molar-refractivity contribution is -0.132. The molecule has 8 nitrogen and oxygen atoms in total. The van der Waals surface area contributed by atoms with E-state index < -0.39 is 5.60 Å². The molecular weight excluding hydrogens is 470 g/mol. The van der Waals surface area contributed by atoms with Crippen LogP contribution in [0, 0.1) is 5.92 Å². The predicted molar refractivity (Wildman–Crippen MR) is 141 cm³/mol. The Labute approximate surface area is 219 Å². The Balaban J connectivity index is 1.21. The molecule has 1 N–H and O–H groups in total. The third-order valence-electron chi connectivity index (χ3n) is 6.91. The Hall–Kier alpha value is -3.13. The zero-order chi connectivity index (χ0) is 26.4. The van der Waals surface area contributed by atoms with Crippen LogP contribution in [0.4, 0.5) is 4.79 Å². The van der Waals surface area contributed by atoms with E-state index >= 15 is 0 Å². The van der Waals surface area contributed by atoms with Gasteiger partial charge in [-0.3, -0.25) is 9.78 Å². The van der Waals surface area contributed by atoms with Gasteiger partial charge in [0.1, 0.15) is 11.4 Å². The van der Waals surface area contributed by atoms with Gasteiger partial charge in [0, 0.05) is 31.7 Å². The maximum Gasteiger partial charge on any atom is 0.410 e. The molecule has 0 unspecified atom stereocenters. The normalized spacial score (nSPS) is 17.5. The quantitative estimate of drug-likeness (QED) is 0.624. The molecule has 2 saturated heterocycles. The smallest absolute Gasteiger partial charge is 0.410 e. The molecule has 8 heteroatoms. The number of benzene rings is 1. The molecule has 4 rings (SSSR count). The fraction of sp³-hybridized carbons (Fsp3) is 0.552. The van der Waals surface area contributed by atoms with Crippen LogP contribution in [0.2, 0.25) is 0 Å². The summed E-state index contributed by atoms with van der Waals surface area (Å²) in [6.07, 6.45) is 4.68. The number of nitrogens with zero attached hydrogens (tertiary/aromatic N) is 3. The van der Waals surface area contributed by atoms with Gasteiger partial charge in [0.05, 0.1) is 31.0 Å². The monoisotopic (exact) mass is 509 g/mol. The van der Waals surface area contributed by atoms with Crippen LogP contribution in [0.3, 0.4) is 0 Å². The molecular formula is C29H39N3O5. The number of aliphatic hydroxyl groups excluding tert-OH is 1. The van der Waals surface area contributed by atoms with Crippen molar-refractivity contribution in [1.82, 2.24) is 14.8 Å². The number of rotatable bonds is 6. The minimum atomic E-state index is -0.476. The van der Waals surface area contributed by atoms with E-state index in [1.807, 2.05) is 62.1 Å². The number of piperidine rings is 2. The van der Waals surface area contributed by atoms with Crippen molar-refractivity contribution in [3.05, 3.63) is 48.2 Å². The molecule has 1 aromatic heterocycles. The van der Waals surface area contributed by atoms with Crippen LogP contribution in [-0.4, -0.2) is 76.4 Å². The number of ether oxygens (including phenoxy) is 2. The zero-order valence-corrected chi connectivity index (χ0v) is 22.2. The summed E-state index contributed by atoms with van der Waals surface area (Å²) < 4.78 is 11.4. The summed E-state index contributed by atoms with van der Waals surface area (Å²) in [4.78, 5) is 32.9. The average molecular weight is 510 g/mol. The number of likely N-dealkylation sites (tertiary alicyclic amines) is 2. The van der Waals surface area contributed by atoms with Crippen LogP contribution in [0.15, 0.2) is 42.6 Å². The second-order valence-electron chi connectivity index (χ2n) is 11.1. The van der Waals surface area contributed by atoms with Gasteiger partial charge in [-0.05, 0) is 70.1 Å². The minimum absolute atomic E-state index is 0.106. The molecule has 0 spiro atoms. The number of carbonyl (C=O) groups is 2. The summed E-state index contributed by atoms with van der Waals surface area (Å²) in [5.41, 5.74) is 2.33. The van der Waals surface area contributed by atoms with Crippen molar-refractivity contribution in [2.24, 2.45) is 5.92 Å². The predicted octanol–water partition coefficient (Wildman–Crippen LogP) is 4.30. The Kier molecular flexibility index (Phi) is 8.69. The van der Waals surface area contributed by atoms with Gasteiger partial charge >= 0.3 is 6.09 Å². The highest BCUT2D eigenvalue weighted by Crippen LogP contribution is 2.24. The van der Waals surface area contributed by atoms with Crippen LogP contribution in [0.1, 0.15) is 52.0 Å². The molecule has 3 heterocycles. The summed E-state index contributed by atoms with van der Waals surface area (Å²) in [7, 11) is 0. The molecule has 200 valence electrons. The lowest BCUT2D eigenvalue weighted by atomic mass is 9.98. The first-order chi connectivity index (χ1) is 17.7. The highest BCUT2D eigenvalue weighted by molar-refractivity contribution is 5.79. The zero-order valence-electron chi connectivity index (χ0n) is 22.2. The van der Waals surface area contributed by atoms with Gasteiger partial charge in [-0.1, -0.05) is 24.3 Å². The Bertz CT molecular complexity index is 1030. The number of pyridine rings is 1. The number of carbonyl (C=O) groups excluding carboxylic acids is 2. The molecule has 0 aliphatic carbocycles. The molecule has 0 radical (unpaired) electrons. The highest BCUT2D eigenvalue weighted by Gasteiger charge is 2.27. The Morgan fingerprint density at radius 2 is 1.59 bits per heavy atom. The van der Waals surface area contributed by atoms with Gasteiger partial charge in [-0.15, -0.1) is 0 Å². The summed E-state index contributed by atoms with van der Waals surface area (Å²) in [6.45, 7) is 8.87. The summed E-state index contributed by atoms with van der Waals surface area (Å²) in [5.74, 6) is 1.23. The first kappa shape index (κ1) is 26.9. The van der Waals surface area contributed by atoms with Gasteiger partial charge in [0.2, 0.25) is 5.91 Å². The van der Waals surface area contributed by atoms with E-state index in [0.717, 1.165) is 35.4 Å². The molecule has 1 aromatic carbocycles. The van der Waals surface area contributed by atoms with Gasteiger partial charge in [0.25, 0.3) is 0 Å². The maximum absolute atomic E-state index is 12.5. The first-order valence-corrected chi connectivity index (χ1v) is 13.3. The number of aliphatic hydroxyl groups is 1. The van der Waals surface area contributed by atoms with Gasteiger partial charge in [-0.25, -0.2) is 4.79 Å². The SMILES string of the molecule is CC(C)(C)OC(=O)N1CCC(COc2ccc(-c3ccc(CC(=O)N4CCC(O)CC4)cc3)nc2)CC1. The third-order valence-corrected chi connectivity index (χ3v) is 6.91. The van der Waals surface area contributed by atoms with E-state index in [2.05, 4.69) is 4.98 Å². The number of aromatic nitrogens is 1. The molecule has 37 heavy (non-hydrogen) atoms. The van der Waals surface area contributed by atoms with Crippen LogP contribution >= 0.6 is 0 Å². The summed E-state index contributed by atoms with van der Waals surface area (Å²) in [5, 5.41) is 9.63. The standard InChI is InChI=1S/C29H39N3O5/c1-29(2,3)37-28(35)32-14-10-22(11-15-32)20-36-25-8-9-26(30-19-25)23-6-4-21(5-7-23)18-27(34)31-16-12-24(33)13-17-31/h4-9,19,22,24,33H,10-18,20H2,1-3H3. The van der Waals surface area contributed by atoms with E-state index in [-0.39, 0.29) is 18.1 Å². The van der Waals surface area contributed by atoms with E-state index in [0.29, 0.717) is 58.0 Å². The molecule has 2 aliphatic heterocycles. The Morgan fingerprint density at radius 3 is 2.19 bits per heavy atom. The lowest BCUT2D eigenvalue weighted by Crippen LogP contribution is -2.42. The molecule has 0 atom stereocenters. The van der Waals surface area contributed by atoms with Crippen LogP contribution in [0.25, 0.3) is 11.3 Å². The van der Waals surface area contributed by atoms with Crippen molar-refractivity contribution in [2.75, 3.05) is 32.8 Å². The largest absolute Gasteiger partial charge is 0.492 e. The van der Waals surface area contributed by atoms with Crippen molar-refractivity contribution in [1.29, 1.82) is 0 Å². The molecule has 0 bridgehead atoms. The van der Waals surface area contributed by atoms with Gasteiger partial charge in [-0.2, -0.15) is 0 Å². The molecule has 2 aliphatic rings. The van der Waals surface area contributed by atoms with E-state index in [1.165, 1.54) is 0 Å². The summed E-state index contributed by atoms with van der Waals surface area (Å²) >= 11 is 0. The Morgan fingerprint density at radius 1 is 0.946 bits per heavy atom. The average Bonchev–Trinajstić information content (AvgIpc) is 2.88. The highest BCUT2D eigenvalue weighted by atomic mass is 16.6. The number of amides is 2. The minimum Gasteiger partial charge on any atom is -0.492 e. The fourth-order valence-electron chi connectivity index (χ4n) is 4.65. The summed E-state index contributed by atoms with van der Waals surface area (Å²) in [6, 6.07) is 11.8. The molecule has 2 aromatic rings. The van der Waals surface area contributed by atoms with Crippen LogP contribution < -0.4 is 4.74 Å². The third kappa shape index (κ3) is 7.92. The second-order valence-corrected chi connectivity index (χ2v) is 11.1. The number of hydrogen-bond donors (Lipinski definition) is 1. The van der Waals surface area contributed by atoms with Gasteiger partial charge < -0.3 is 24.4 Å². The number of hydrogen-bond acceptors (Lipinski definition) is 6. The van der Waals surface area contributed by atoms with E-state index in [1.54, 1.807) is 11.1 Å². The molecule has 0 saturated carbocycles. The van der Waals surface area contributed by atoms with Crippen molar-refractivity contribution in [3.8, 4) is 17.0 Å². The topological polar surface area (TPSA) is 92.2 Å². The molecule has 2 amide bonds. The van der Waals surface area contributed by atoms with Crippen LogP contribution in [0.5, 0.6) is 5.75 Å². The van der Waals surface area contributed by atoms with Crippen LogP contribution in [-0.2, 0) is 16.0 Å². The first-order valence-electron chi connectivity index (χ1n) is 13.3. The van der Waals surface area contributed by atoms with Crippen molar-refractivity contribution in [2.45, 2.75) is 64.6 Å². The van der Waals surface area contributed by atoms with Crippen molar-refractivity contribution >= 4 is 12.0 Å².